The molecule has 2 saturated heterocycles. The van der Waals surface area contributed by atoms with Gasteiger partial charge in [-0.05, 0) is 42.3 Å². The number of hydrogen-bond donors (Lipinski definition) is 0. The Morgan fingerprint density at radius 3 is 2.48 bits per heavy atom. The molecule has 3 heterocycles. The SMILES string of the molecule is O=S1(=O)CCC(Cc2nn(CN3CCN(Cc4ccc(Cl)cc4)CC3)c(=S)o2)C1. The summed E-state index contributed by atoms with van der Waals surface area (Å²) in [5.41, 5.74) is 1.26. The number of rotatable bonds is 6. The molecule has 1 atom stereocenters. The largest absolute Gasteiger partial charge is 0.414 e. The van der Waals surface area contributed by atoms with Crippen LogP contribution in [0.15, 0.2) is 28.7 Å². The van der Waals surface area contributed by atoms with Crippen molar-refractivity contribution in [3.8, 4) is 0 Å². The van der Waals surface area contributed by atoms with Gasteiger partial charge in [0, 0.05) is 44.2 Å². The molecule has 7 nitrogen and oxygen atoms in total. The van der Waals surface area contributed by atoms with E-state index in [1.54, 1.807) is 4.68 Å². The molecule has 2 aromatic rings. The highest BCUT2D eigenvalue weighted by Crippen LogP contribution is 2.22. The van der Waals surface area contributed by atoms with Gasteiger partial charge in [-0.15, -0.1) is 5.10 Å². The van der Waals surface area contributed by atoms with Gasteiger partial charge in [0.2, 0.25) is 5.89 Å². The molecular formula is C19H25ClN4O3S2. The lowest BCUT2D eigenvalue weighted by Gasteiger charge is -2.34. The molecule has 0 bridgehead atoms. The van der Waals surface area contributed by atoms with Gasteiger partial charge in [0.25, 0.3) is 4.84 Å². The van der Waals surface area contributed by atoms with E-state index in [0.717, 1.165) is 37.7 Å². The molecule has 1 aromatic heterocycles. The topological polar surface area (TPSA) is 71.6 Å². The maximum absolute atomic E-state index is 11.6. The van der Waals surface area contributed by atoms with Crippen molar-refractivity contribution < 1.29 is 12.8 Å². The van der Waals surface area contributed by atoms with Crippen LogP contribution >= 0.6 is 23.8 Å². The predicted octanol–water partition coefficient (Wildman–Crippen LogP) is 2.61. The Morgan fingerprint density at radius 1 is 1.14 bits per heavy atom. The number of halogens is 1. The van der Waals surface area contributed by atoms with Crippen molar-refractivity contribution in [1.82, 2.24) is 19.6 Å². The number of aromatic nitrogens is 2. The second-order valence-corrected chi connectivity index (χ2v) is 10.9. The highest BCUT2D eigenvalue weighted by atomic mass is 35.5. The highest BCUT2D eigenvalue weighted by molar-refractivity contribution is 7.91. The molecule has 10 heteroatoms. The first-order valence-electron chi connectivity index (χ1n) is 9.83. The van der Waals surface area contributed by atoms with E-state index in [4.69, 9.17) is 28.2 Å². The van der Waals surface area contributed by atoms with Crippen LogP contribution in [0.4, 0.5) is 0 Å². The number of benzene rings is 1. The number of nitrogens with zero attached hydrogens (tertiary/aromatic N) is 4. The Labute approximate surface area is 181 Å². The van der Waals surface area contributed by atoms with Crippen molar-refractivity contribution in [2.75, 3.05) is 37.7 Å². The van der Waals surface area contributed by atoms with E-state index in [2.05, 4.69) is 27.0 Å². The quantitative estimate of drug-likeness (QED) is 0.618. The number of sulfone groups is 1. The Balaban J connectivity index is 1.27. The Kier molecular flexibility index (Phi) is 6.41. The third-order valence-corrected chi connectivity index (χ3v) is 7.94. The van der Waals surface area contributed by atoms with Crippen LogP contribution in [0.1, 0.15) is 17.9 Å². The molecule has 0 aliphatic carbocycles. The molecule has 0 spiro atoms. The van der Waals surface area contributed by atoms with Gasteiger partial charge in [-0.25, -0.2) is 13.1 Å². The van der Waals surface area contributed by atoms with E-state index in [1.165, 1.54) is 5.56 Å². The fraction of sp³-hybridized carbons (Fsp3) is 0.579. The summed E-state index contributed by atoms with van der Waals surface area (Å²) in [6.07, 6.45) is 1.21. The van der Waals surface area contributed by atoms with Crippen LogP contribution in [0.25, 0.3) is 0 Å². The molecular weight excluding hydrogens is 432 g/mol. The summed E-state index contributed by atoms with van der Waals surface area (Å²) in [6.45, 7) is 5.32. The molecule has 0 amide bonds. The lowest BCUT2D eigenvalue weighted by atomic mass is 10.1. The van der Waals surface area contributed by atoms with Gasteiger partial charge in [-0.1, -0.05) is 23.7 Å². The lowest BCUT2D eigenvalue weighted by molar-refractivity contribution is 0.0973. The fourth-order valence-electron chi connectivity index (χ4n) is 3.93. The maximum atomic E-state index is 11.6. The van der Waals surface area contributed by atoms with Crippen molar-refractivity contribution in [2.24, 2.45) is 5.92 Å². The van der Waals surface area contributed by atoms with Gasteiger partial charge in [-0.2, -0.15) is 0 Å². The van der Waals surface area contributed by atoms with Crippen LogP contribution in [0.2, 0.25) is 5.02 Å². The molecule has 29 heavy (non-hydrogen) atoms. The van der Waals surface area contributed by atoms with Gasteiger partial charge < -0.3 is 4.42 Å². The minimum Gasteiger partial charge on any atom is -0.414 e. The zero-order chi connectivity index (χ0) is 20.4. The minimum absolute atomic E-state index is 0.0814. The summed E-state index contributed by atoms with van der Waals surface area (Å²) in [5, 5.41) is 5.25. The zero-order valence-corrected chi connectivity index (χ0v) is 18.6. The molecule has 1 unspecified atom stereocenters. The second-order valence-electron chi connectivity index (χ2n) is 7.90. The molecule has 2 aliphatic heterocycles. The van der Waals surface area contributed by atoms with E-state index in [9.17, 15) is 8.42 Å². The van der Waals surface area contributed by atoms with E-state index in [1.807, 2.05) is 12.1 Å². The summed E-state index contributed by atoms with van der Waals surface area (Å²) < 4.78 is 30.6. The monoisotopic (exact) mass is 456 g/mol. The molecule has 0 N–H and O–H groups in total. The van der Waals surface area contributed by atoms with Crippen molar-refractivity contribution in [3.05, 3.63) is 45.6 Å². The average molecular weight is 457 g/mol. The summed E-state index contributed by atoms with van der Waals surface area (Å²) in [5.74, 6) is 1.10. The number of hydrogen-bond acceptors (Lipinski definition) is 7. The maximum Gasteiger partial charge on any atom is 0.288 e. The molecule has 0 saturated carbocycles. The summed E-state index contributed by atoms with van der Waals surface area (Å²) >= 11 is 11.3. The lowest BCUT2D eigenvalue weighted by Crippen LogP contribution is -2.46. The van der Waals surface area contributed by atoms with Crippen LogP contribution in [0.5, 0.6) is 0 Å². The first-order valence-corrected chi connectivity index (χ1v) is 12.4. The minimum atomic E-state index is -2.89. The molecule has 2 fully saturated rings. The third kappa shape index (κ3) is 5.67. The van der Waals surface area contributed by atoms with E-state index < -0.39 is 9.84 Å². The predicted molar refractivity (Wildman–Crippen MR) is 114 cm³/mol. The van der Waals surface area contributed by atoms with Crippen LogP contribution in [-0.4, -0.2) is 65.7 Å². The number of piperazine rings is 1. The summed E-state index contributed by atoms with van der Waals surface area (Å²) in [7, 11) is -2.89. The van der Waals surface area contributed by atoms with Gasteiger partial charge >= 0.3 is 0 Å². The zero-order valence-electron chi connectivity index (χ0n) is 16.2. The second kappa shape index (κ2) is 8.85. The first-order chi connectivity index (χ1) is 13.9. The highest BCUT2D eigenvalue weighted by Gasteiger charge is 2.29. The first kappa shape index (κ1) is 21.0. The normalized spacial score (nSPS) is 22.9. The molecule has 2 aliphatic rings. The van der Waals surface area contributed by atoms with Crippen molar-refractivity contribution in [1.29, 1.82) is 0 Å². The summed E-state index contributed by atoms with van der Waals surface area (Å²) in [4.78, 5) is 5.08. The van der Waals surface area contributed by atoms with E-state index in [0.29, 0.717) is 30.2 Å². The van der Waals surface area contributed by atoms with Gasteiger partial charge in [0.05, 0.1) is 18.2 Å². The van der Waals surface area contributed by atoms with Gasteiger partial charge in [0.1, 0.15) is 0 Å². The van der Waals surface area contributed by atoms with E-state index >= 15 is 0 Å². The Bertz CT molecular complexity index is 995. The third-order valence-electron chi connectivity index (χ3n) is 5.56. The van der Waals surface area contributed by atoms with Crippen LogP contribution in [0, 0.1) is 10.8 Å². The molecule has 158 valence electrons. The van der Waals surface area contributed by atoms with Crippen LogP contribution in [0.3, 0.4) is 0 Å². The van der Waals surface area contributed by atoms with E-state index in [-0.39, 0.29) is 17.4 Å². The fourth-order valence-corrected chi connectivity index (χ4v) is 6.11. The smallest absolute Gasteiger partial charge is 0.288 e. The molecule has 0 radical (unpaired) electrons. The van der Waals surface area contributed by atoms with Crippen molar-refractivity contribution >= 4 is 33.7 Å². The standard InChI is InChI=1S/C19H25ClN4O3S2/c20-17-3-1-15(2-4-17)12-22-6-8-23(9-7-22)14-24-19(28)27-18(21-24)11-16-5-10-29(25,26)13-16/h1-4,16H,5-14H2. The average Bonchev–Trinajstić information content (AvgIpc) is 3.20. The molecule has 1 aromatic carbocycles. The van der Waals surface area contributed by atoms with Crippen LogP contribution in [-0.2, 0) is 29.5 Å². The van der Waals surface area contributed by atoms with Crippen molar-refractivity contribution in [3.63, 3.8) is 0 Å². The Morgan fingerprint density at radius 2 is 1.83 bits per heavy atom. The Hall–Kier alpha value is -1.26. The van der Waals surface area contributed by atoms with Crippen LogP contribution < -0.4 is 0 Å². The summed E-state index contributed by atoms with van der Waals surface area (Å²) in [6, 6.07) is 8.00. The molecule has 4 rings (SSSR count). The van der Waals surface area contributed by atoms with Crippen molar-refractivity contribution in [2.45, 2.75) is 26.1 Å². The van der Waals surface area contributed by atoms with Gasteiger partial charge in [0.15, 0.2) is 9.84 Å². The van der Waals surface area contributed by atoms with Gasteiger partial charge in [-0.3, -0.25) is 9.80 Å².